The van der Waals surface area contributed by atoms with Crippen LogP contribution in [-0.2, 0) is 9.53 Å². The molecule has 5 N–H and O–H groups in total. The number of hydrogen-bond donors (Lipinski definition) is 4. The number of aliphatic hydroxyl groups excluding tert-OH is 1. The Bertz CT molecular complexity index is 416. The lowest BCUT2D eigenvalue weighted by Gasteiger charge is -2.12. The molecule has 0 bridgehead atoms. The van der Waals surface area contributed by atoms with Gasteiger partial charge in [-0.3, -0.25) is 4.79 Å². The van der Waals surface area contributed by atoms with Gasteiger partial charge in [0.15, 0.2) is 0 Å². The van der Waals surface area contributed by atoms with E-state index in [9.17, 15) is 9.90 Å². The van der Waals surface area contributed by atoms with Gasteiger partial charge in [-0.2, -0.15) is 0 Å². The van der Waals surface area contributed by atoms with Crippen molar-refractivity contribution in [2.75, 3.05) is 26.3 Å². The summed E-state index contributed by atoms with van der Waals surface area (Å²) in [7, 11) is 0. The van der Waals surface area contributed by atoms with Crippen molar-refractivity contribution < 1.29 is 19.7 Å². The van der Waals surface area contributed by atoms with Gasteiger partial charge in [-0.15, -0.1) is 12.4 Å². The lowest BCUT2D eigenvalue weighted by atomic mass is 10.0. The summed E-state index contributed by atoms with van der Waals surface area (Å²) in [5.41, 5.74) is 5.46. The molecule has 206 valence electrons. The minimum Gasteiger partial charge on any atom is -0.480 e. The normalized spacial score (nSPS) is 12.9. The fourth-order valence-electron chi connectivity index (χ4n) is 4.04. The van der Waals surface area contributed by atoms with Crippen molar-refractivity contribution in [3.8, 4) is 0 Å². The van der Waals surface area contributed by atoms with Crippen LogP contribution >= 0.6 is 12.4 Å². The first kappa shape index (κ1) is 35.8. The molecule has 1 unspecified atom stereocenters. The van der Waals surface area contributed by atoms with Gasteiger partial charge in [0.2, 0.25) is 0 Å². The van der Waals surface area contributed by atoms with Crippen LogP contribution in [0.25, 0.3) is 0 Å². The topological polar surface area (TPSA) is 105 Å². The van der Waals surface area contributed by atoms with Gasteiger partial charge < -0.3 is 26.0 Å². The van der Waals surface area contributed by atoms with Gasteiger partial charge in [0, 0.05) is 13.2 Å². The smallest absolute Gasteiger partial charge is 0.320 e. The molecule has 34 heavy (non-hydrogen) atoms. The van der Waals surface area contributed by atoms with Gasteiger partial charge in [0.05, 0.1) is 12.7 Å². The molecule has 0 aromatic rings. The molecule has 6 nitrogen and oxygen atoms in total. The Balaban J connectivity index is 0. The molecule has 0 rings (SSSR count). The molecule has 0 saturated carbocycles. The third-order valence-corrected chi connectivity index (χ3v) is 6.27. The number of nitrogens with two attached hydrogens (primary N) is 1. The average molecular weight is 509 g/mol. The molecule has 2 atom stereocenters. The van der Waals surface area contributed by atoms with Crippen LogP contribution in [0.2, 0.25) is 0 Å². The molecule has 0 fully saturated rings. The summed E-state index contributed by atoms with van der Waals surface area (Å²) in [6, 6.07) is -0.770. The maximum atomic E-state index is 10.6. The highest BCUT2D eigenvalue weighted by Crippen LogP contribution is 2.13. The van der Waals surface area contributed by atoms with Crippen molar-refractivity contribution in [3.05, 3.63) is 0 Å². The van der Waals surface area contributed by atoms with Crippen molar-refractivity contribution in [2.45, 2.75) is 141 Å². The molecule has 0 amide bonds. The predicted molar refractivity (Wildman–Crippen MR) is 146 cm³/mol. The van der Waals surface area contributed by atoms with E-state index >= 15 is 0 Å². The maximum Gasteiger partial charge on any atom is 0.320 e. The summed E-state index contributed by atoms with van der Waals surface area (Å²) in [6.45, 7) is 4.63. The molecule has 7 heteroatoms. The molecule has 0 aromatic heterocycles. The second-order valence-corrected chi connectivity index (χ2v) is 9.68. The first-order chi connectivity index (χ1) is 16.1. The van der Waals surface area contributed by atoms with E-state index < -0.39 is 18.1 Å². The van der Waals surface area contributed by atoms with E-state index in [0.717, 1.165) is 32.4 Å². The zero-order valence-corrected chi connectivity index (χ0v) is 22.9. The molecule has 0 radical (unpaired) electrons. The van der Waals surface area contributed by atoms with Crippen LogP contribution < -0.4 is 11.1 Å². The maximum absolute atomic E-state index is 10.6. The standard InChI is InChI=1S/C27H56N2O4.ClH/c1-2-3-4-5-6-7-8-9-10-11-12-13-14-15-16-19-22-33-24-25(30)23-29-21-18-17-20-26(28)27(31)32;/h25-26,29-30H,2-24,28H2,1H3,(H,31,32);1H/t25?,26-;/m0./s1. The molecule has 0 aliphatic heterocycles. The minimum atomic E-state index is -0.945. The quantitative estimate of drug-likeness (QED) is 0.0981. The fraction of sp³-hybridized carbons (Fsp3) is 0.963. The summed E-state index contributed by atoms with van der Waals surface area (Å²) in [5.74, 6) is -0.945. The number of halogens is 1. The van der Waals surface area contributed by atoms with E-state index in [4.69, 9.17) is 15.6 Å². The Kier molecular flexibility index (Phi) is 30.3. The van der Waals surface area contributed by atoms with Crippen LogP contribution in [-0.4, -0.2) is 54.6 Å². The van der Waals surface area contributed by atoms with Crippen molar-refractivity contribution in [2.24, 2.45) is 5.73 Å². The average Bonchev–Trinajstić information content (AvgIpc) is 2.80. The van der Waals surface area contributed by atoms with Crippen molar-refractivity contribution >= 4 is 18.4 Å². The van der Waals surface area contributed by atoms with Crippen LogP contribution in [0.1, 0.15) is 129 Å². The Labute approximate surface area is 216 Å². The zero-order chi connectivity index (χ0) is 24.4. The van der Waals surface area contributed by atoms with Crippen molar-refractivity contribution in [1.29, 1.82) is 0 Å². The monoisotopic (exact) mass is 508 g/mol. The summed E-state index contributed by atoms with van der Waals surface area (Å²) in [5, 5.41) is 21.8. The summed E-state index contributed by atoms with van der Waals surface area (Å²) >= 11 is 0. The Morgan fingerprint density at radius 1 is 0.794 bits per heavy atom. The number of carbonyl (C=O) groups is 1. The SMILES string of the molecule is CCCCCCCCCCCCCCCCCCOCC(O)CNCCCC[C@H](N)C(=O)O.Cl. The van der Waals surface area contributed by atoms with Gasteiger partial charge >= 0.3 is 5.97 Å². The van der Waals surface area contributed by atoms with E-state index in [1.54, 1.807) is 0 Å². The lowest BCUT2D eigenvalue weighted by Crippen LogP contribution is -2.32. The highest BCUT2D eigenvalue weighted by Gasteiger charge is 2.10. The second-order valence-electron chi connectivity index (χ2n) is 9.68. The van der Waals surface area contributed by atoms with Crippen LogP contribution in [0.15, 0.2) is 0 Å². The molecular formula is C27H57ClN2O4. The lowest BCUT2D eigenvalue weighted by molar-refractivity contribution is -0.138. The Hall–Kier alpha value is -0.400. The molecule has 0 saturated heterocycles. The predicted octanol–water partition coefficient (Wildman–Crippen LogP) is 6.22. The number of ether oxygens (including phenoxy) is 1. The highest BCUT2D eigenvalue weighted by molar-refractivity contribution is 5.85. The fourth-order valence-corrected chi connectivity index (χ4v) is 4.04. The summed E-state index contributed by atoms with van der Waals surface area (Å²) < 4.78 is 5.58. The zero-order valence-electron chi connectivity index (χ0n) is 22.1. The molecule has 0 aliphatic rings. The van der Waals surface area contributed by atoms with E-state index in [-0.39, 0.29) is 12.4 Å². The van der Waals surface area contributed by atoms with E-state index in [1.165, 1.54) is 96.3 Å². The van der Waals surface area contributed by atoms with E-state index in [1.807, 2.05) is 0 Å². The Morgan fingerprint density at radius 3 is 1.74 bits per heavy atom. The molecule has 0 aliphatic carbocycles. The Morgan fingerprint density at radius 2 is 1.26 bits per heavy atom. The van der Waals surface area contributed by atoms with Crippen LogP contribution in [0, 0.1) is 0 Å². The largest absolute Gasteiger partial charge is 0.480 e. The third kappa shape index (κ3) is 27.8. The number of rotatable bonds is 27. The first-order valence-corrected chi connectivity index (χ1v) is 14.0. The second kappa shape index (κ2) is 28.8. The van der Waals surface area contributed by atoms with Crippen LogP contribution in [0.3, 0.4) is 0 Å². The number of hydrogen-bond acceptors (Lipinski definition) is 5. The van der Waals surface area contributed by atoms with Gasteiger partial charge in [0.25, 0.3) is 0 Å². The number of nitrogens with one attached hydrogen (secondary N) is 1. The summed E-state index contributed by atoms with van der Waals surface area (Å²) in [4.78, 5) is 10.6. The van der Waals surface area contributed by atoms with Crippen molar-refractivity contribution in [3.63, 3.8) is 0 Å². The van der Waals surface area contributed by atoms with Gasteiger partial charge in [-0.25, -0.2) is 0 Å². The molecule has 0 heterocycles. The number of aliphatic hydroxyl groups is 1. The van der Waals surface area contributed by atoms with Gasteiger partial charge in [-0.05, 0) is 25.8 Å². The first-order valence-electron chi connectivity index (χ1n) is 14.0. The highest BCUT2D eigenvalue weighted by atomic mass is 35.5. The van der Waals surface area contributed by atoms with E-state index in [0.29, 0.717) is 19.6 Å². The number of unbranched alkanes of at least 4 members (excludes halogenated alkanes) is 16. The van der Waals surface area contributed by atoms with Crippen LogP contribution in [0.4, 0.5) is 0 Å². The number of carboxylic acids is 1. The van der Waals surface area contributed by atoms with Gasteiger partial charge in [-0.1, -0.05) is 110 Å². The van der Waals surface area contributed by atoms with E-state index in [2.05, 4.69) is 12.2 Å². The number of aliphatic carboxylic acids is 1. The molecular weight excluding hydrogens is 452 g/mol. The number of carboxylic acid groups (broad SMARTS) is 1. The van der Waals surface area contributed by atoms with Crippen molar-refractivity contribution in [1.82, 2.24) is 5.32 Å². The molecule has 0 spiro atoms. The third-order valence-electron chi connectivity index (χ3n) is 6.27. The van der Waals surface area contributed by atoms with Gasteiger partial charge in [0.1, 0.15) is 6.04 Å². The minimum absolute atomic E-state index is 0. The van der Waals surface area contributed by atoms with Crippen LogP contribution in [0.5, 0.6) is 0 Å². The molecule has 0 aromatic carbocycles. The summed E-state index contributed by atoms with van der Waals surface area (Å²) in [6.07, 6.45) is 23.4.